The van der Waals surface area contributed by atoms with Crippen LogP contribution in [0.5, 0.6) is 0 Å². The highest BCUT2D eigenvalue weighted by Crippen LogP contribution is 2.47. The number of thioether (sulfide) groups is 1. The molecule has 1 aliphatic carbocycles. The maximum atomic E-state index is 13.3. The fourth-order valence-electron chi connectivity index (χ4n) is 4.78. The van der Waals surface area contributed by atoms with E-state index in [2.05, 4.69) is 10.2 Å². The Morgan fingerprint density at radius 3 is 2.37 bits per heavy atom. The zero-order valence-corrected chi connectivity index (χ0v) is 19.9. The second kappa shape index (κ2) is 8.20. The number of benzene rings is 2. The summed E-state index contributed by atoms with van der Waals surface area (Å²) in [5.41, 5.74) is 2.29. The van der Waals surface area contributed by atoms with Crippen molar-refractivity contribution in [3.8, 4) is 5.69 Å². The molecule has 0 saturated carbocycles. The van der Waals surface area contributed by atoms with Gasteiger partial charge in [-0.3, -0.25) is 14.4 Å². The lowest BCUT2D eigenvalue weighted by Crippen LogP contribution is -2.51. The van der Waals surface area contributed by atoms with E-state index in [1.165, 1.54) is 16.6 Å². The fraction of sp³-hybridized carbons (Fsp3) is 0.269. The maximum absolute atomic E-state index is 13.3. The third-order valence-electron chi connectivity index (χ3n) is 6.77. The van der Waals surface area contributed by atoms with Crippen LogP contribution in [0.1, 0.15) is 44.9 Å². The Morgan fingerprint density at radius 2 is 1.63 bits per heavy atom. The van der Waals surface area contributed by atoms with Crippen LogP contribution in [-0.2, 0) is 9.53 Å². The first-order chi connectivity index (χ1) is 17.0. The van der Waals surface area contributed by atoms with Crippen LogP contribution in [0.3, 0.4) is 0 Å². The highest BCUT2D eigenvalue weighted by molar-refractivity contribution is 8.04. The molecule has 1 saturated heterocycles. The van der Waals surface area contributed by atoms with E-state index in [1.54, 1.807) is 24.0 Å². The van der Waals surface area contributed by atoms with Crippen LogP contribution in [-0.4, -0.2) is 61.8 Å². The number of amides is 1. The van der Waals surface area contributed by atoms with Crippen LogP contribution in [0.4, 0.5) is 0 Å². The quantitative estimate of drug-likeness (QED) is 0.512. The van der Waals surface area contributed by atoms with E-state index >= 15 is 0 Å². The maximum Gasteiger partial charge on any atom is 0.276 e. The second-order valence-corrected chi connectivity index (χ2v) is 9.97. The van der Waals surface area contributed by atoms with Crippen LogP contribution < -0.4 is 0 Å². The van der Waals surface area contributed by atoms with Crippen molar-refractivity contribution in [2.24, 2.45) is 0 Å². The van der Waals surface area contributed by atoms with Gasteiger partial charge in [-0.05, 0) is 19.1 Å². The lowest BCUT2D eigenvalue weighted by atomic mass is 9.90. The Balaban J connectivity index is 1.20. The van der Waals surface area contributed by atoms with Crippen molar-refractivity contribution in [2.75, 3.05) is 18.8 Å². The molecule has 1 aromatic heterocycles. The number of carbonyl (C=O) groups excluding carboxylic acids is 3. The first-order valence-corrected chi connectivity index (χ1v) is 12.5. The number of allylic oxidation sites excluding steroid dienone is 1. The number of Topliss-reactive ketones (excluding diaryl/α,β-unsaturated/α-hetero) is 2. The number of piperidine rings is 1. The first-order valence-electron chi connectivity index (χ1n) is 11.5. The number of carbonyl (C=O) groups is 3. The standard InChI is InChI=1S/C26H22N4O4S/c1-16-20(28-30(27-16)17-7-3-2-4-8-17)25(33)29-13-11-26(12-14-29)15-35-24-22(32)21(31)18-9-5-6-10-19(18)23(24)34-26/h2-10H,11-15H2,1H3. The summed E-state index contributed by atoms with van der Waals surface area (Å²) in [4.78, 5) is 42.1. The van der Waals surface area contributed by atoms with Gasteiger partial charge in [0.25, 0.3) is 5.91 Å². The van der Waals surface area contributed by atoms with Gasteiger partial charge in [0.15, 0.2) is 5.69 Å². The van der Waals surface area contributed by atoms with E-state index in [1.807, 2.05) is 42.5 Å². The Morgan fingerprint density at radius 1 is 0.943 bits per heavy atom. The molecule has 0 radical (unpaired) electrons. The summed E-state index contributed by atoms with van der Waals surface area (Å²) in [6.45, 7) is 2.81. The van der Waals surface area contributed by atoms with Crippen molar-refractivity contribution in [2.45, 2.75) is 25.4 Å². The average Bonchev–Trinajstić information content (AvgIpc) is 3.29. The molecule has 0 unspecified atom stereocenters. The molecule has 1 amide bonds. The molecule has 6 rings (SSSR count). The minimum absolute atomic E-state index is 0.147. The van der Waals surface area contributed by atoms with Gasteiger partial charge in [-0.25, -0.2) is 0 Å². The Kier molecular flexibility index (Phi) is 5.10. The predicted octanol–water partition coefficient (Wildman–Crippen LogP) is 3.45. The Labute approximate surface area is 205 Å². The van der Waals surface area contributed by atoms with Gasteiger partial charge in [-0.2, -0.15) is 9.90 Å². The number of fused-ring (bicyclic) bond motifs is 2. The lowest BCUT2D eigenvalue weighted by Gasteiger charge is -2.45. The number of para-hydroxylation sites is 1. The molecule has 9 heteroatoms. The highest BCUT2D eigenvalue weighted by Gasteiger charge is 2.46. The number of ketones is 2. The van der Waals surface area contributed by atoms with Crippen LogP contribution in [0, 0.1) is 6.92 Å². The van der Waals surface area contributed by atoms with Gasteiger partial charge in [0, 0.05) is 42.8 Å². The predicted molar refractivity (Wildman–Crippen MR) is 130 cm³/mol. The number of ether oxygens (including phenoxy) is 1. The van der Waals surface area contributed by atoms with E-state index in [9.17, 15) is 14.4 Å². The summed E-state index contributed by atoms with van der Waals surface area (Å²) in [7, 11) is 0. The summed E-state index contributed by atoms with van der Waals surface area (Å²) in [5, 5.41) is 8.88. The molecule has 35 heavy (non-hydrogen) atoms. The molecule has 0 atom stereocenters. The SMILES string of the molecule is Cc1nn(-c2ccccc2)nc1C(=O)N1CCC2(CC1)CSC1=C(O2)c2ccccc2C(=O)C1=O. The molecular weight excluding hydrogens is 464 g/mol. The van der Waals surface area contributed by atoms with Crippen molar-refractivity contribution in [3.63, 3.8) is 0 Å². The van der Waals surface area contributed by atoms with Crippen molar-refractivity contribution < 1.29 is 19.1 Å². The lowest BCUT2D eigenvalue weighted by molar-refractivity contribution is -0.111. The van der Waals surface area contributed by atoms with Gasteiger partial charge in [0.05, 0.1) is 11.4 Å². The fourth-order valence-corrected chi connectivity index (χ4v) is 6.04. The van der Waals surface area contributed by atoms with E-state index in [4.69, 9.17) is 4.74 Å². The summed E-state index contributed by atoms with van der Waals surface area (Å²) < 4.78 is 6.50. The van der Waals surface area contributed by atoms with E-state index < -0.39 is 17.2 Å². The second-order valence-electron chi connectivity index (χ2n) is 8.99. The summed E-state index contributed by atoms with van der Waals surface area (Å²) in [5.74, 6) is -0.0541. The molecule has 2 aliphatic heterocycles. The molecule has 8 nitrogen and oxygen atoms in total. The summed E-state index contributed by atoms with van der Waals surface area (Å²) >= 11 is 1.39. The summed E-state index contributed by atoms with van der Waals surface area (Å²) in [6, 6.07) is 16.6. The molecule has 0 N–H and O–H groups in total. The van der Waals surface area contributed by atoms with Gasteiger partial charge in [0.1, 0.15) is 16.3 Å². The zero-order valence-electron chi connectivity index (χ0n) is 19.1. The monoisotopic (exact) mass is 486 g/mol. The molecule has 3 heterocycles. The molecule has 3 aromatic rings. The zero-order chi connectivity index (χ0) is 24.2. The molecule has 1 spiro atoms. The Hall–Kier alpha value is -3.72. The number of likely N-dealkylation sites (tertiary alicyclic amines) is 1. The van der Waals surface area contributed by atoms with Gasteiger partial charge < -0.3 is 9.64 Å². The van der Waals surface area contributed by atoms with Gasteiger partial charge >= 0.3 is 0 Å². The minimum Gasteiger partial charge on any atom is -0.484 e. The average molecular weight is 487 g/mol. The van der Waals surface area contributed by atoms with Crippen LogP contribution in [0.25, 0.3) is 11.4 Å². The van der Waals surface area contributed by atoms with Gasteiger partial charge in [-0.15, -0.1) is 16.9 Å². The van der Waals surface area contributed by atoms with Gasteiger partial charge in [0.2, 0.25) is 11.6 Å². The molecule has 3 aliphatic rings. The number of aromatic nitrogens is 3. The van der Waals surface area contributed by atoms with Crippen LogP contribution in [0.2, 0.25) is 0 Å². The number of nitrogens with zero attached hydrogens (tertiary/aromatic N) is 4. The molecule has 1 fully saturated rings. The van der Waals surface area contributed by atoms with Crippen molar-refractivity contribution >= 4 is 35.0 Å². The highest BCUT2D eigenvalue weighted by atomic mass is 32.2. The third-order valence-corrected chi connectivity index (χ3v) is 8.10. The Bertz CT molecular complexity index is 1400. The first kappa shape index (κ1) is 21.8. The van der Waals surface area contributed by atoms with Crippen LogP contribution >= 0.6 is 11.8 Å². The molecular formula is C26H22N4O4S. The van der Waals surface area contributed by atoms with Crippen LogP contribution in [0.15, 0.2) is 59.5 Å². The molecule has 2 aromatic carbocycles. The minimum atomic E-state index is -0.497. The number of hydrogen-bond acceptors (Lipinski definition) is 7. The number of rotatable bonds is 2. The topological polar surface area (TPSA) is 94.4 Å². The van der Waals surface area contributed by atoms with Gasteiger partial charge in [-0.1, -0.05) is 42.5 Å². The van der Waals surface area contributed by atoms with Crippen molar-refractivity contribution in [1.82, 2.24) is 19.9 Å². The van der Waals surface area contributed by atoms with E-state index in [-0.39, 0.29) is 5.91 Å². The van der Waals surface area contributed by atoms with E-state index in [0.29, 0.717) is 64.9 Å². The smallest absolute Gasteiger partial charge is 0.276 e. The van der Waals surface area contributed by atoms with Crippen molar-refractivity contribution in [3.05, 3.63) is 82.0 Å². The largest absolute Gasteiger partial charge is 0.484 e. The molecule has 176 valence electrons. The normalized spacial score (nSPS) is 18.8. The summed E-state index contributed by atoms with van der Waals surface area (Å²) in [6.07, 6.45) is 1.25. The van der Waals surface area contributed by atoms with E-state index in [0.717, 1.165) is 5.69 Å². The van der Waals surface area contributed by atoms with Crippen molar-refractivity contribution in [1.29, 1.82) is 0 Å². The third kappa shape index (κ3) is 3.58. The number of aryl methyl sites for hydroxylation is 1. The molecule has 0 bridgehead atoms. The number of hydrogen-bond donors (Lipinski definition) is 0.